The number of carbonyl (C=O) groups is 2. The molecule has 1 aromatic heterocycles. The van der Waals surface area contributed by atoms with Crippen LogP contribution in [0.25, 0.3) is 0 Å². The Kier molecular flexibility index (Phi) is 5.19. The molecule has 6 nitrogen and oxygen atoms in total. The molecule has 0 unspecified atom stereocenters. The molecule has 0 bridgehead atoms. The van der Waals surface area contributed by atoms with Crippen LogP contribution in [0, 0.1) is 13.8 Å². The number of amides is 2. The Morgan fingerprint density at radius 2 is 1.82 bits per heavy atom. The van der Waals surface area contributed by atoms with Gasteiger partial charge >= 0.3 is 0 Å². The molecule has 0 fully saturated rings. The molecule has 2 aromatic rings. The Morgan fingerprint density at radius 3 is 2.45 bits per heavy atom. The van der Waals surface area contributed by atoms with E-state index in [9.17, 15) is 9.59 Å². The highest BCUT2D eigenvalue weighted by molar-refractivity contribution is 5.93. The molecule has 0 aliphatic rings. The van der Waals surface area contributed by atoms with Gasteiger partial charge in [0.25, 0.3) is 5.91 Å². The van der Waals surface area contributed by atoms with Crippen LogP contribution < -0.4 is 10.6 Å². The molecule has 1 heterocycles. The van der Waals surface area contributed by atoms with Gasteiger partial charge in [0.05, 0.1) is 6.20 Å². The quantitative estimate of drug-likeness (QED) is 0.882. The van der Waals surface area contributed by atoms with Crippen molar-refractivity contribution in [2.75, 3.05) is 11.9 Å². The molecule has 0 aliphatic heterocycles. The number of nitrogens with zero attached hydrogens (tertiary/aromatic N) is 2. The van der Waals surface area contributed by atoms with Gasteiger partial charge < -0.3 is 10.6 Å². The number of benzene rings is 1. The maximum Gasteiger partial charge on any atom is 0.271 e. The summed E-state index contributed by atoms with van der Waals surface area (Å²) in [5.74, 6) is -0.489. The molecule has 2 rings (SSSR count). The summed E-state index contributed by atoms with van der Waals surface area (Å²) in [6.07, 6.45) is 4.51. The first-order valence-corrected chi connectivity index (χ1v) is 6.97. The number of carbonyl (C=O) groups excluding carboxylic acids is 2. The third-order valence-electron chi connectivity index (χ3n) is 2.94. The normalized spacial score (nSPS) is 10.1. The Hall–Kier alpha value is -2.76. The van der Waals surface area contributed by atoms with Crippen LogP contribution >= 0.6 is 0 Å². The van der Waals surface area contributed by atoms with Crippen LogP contribution in [0.1, 0.15) is 28.0 Å². The van der Waals surface area contributed by atoms with E-state index >= 15 is 0 Å². The number of aryl methyl sites for hydroxylation is 2. The first kappa shape index (κ1) is 15.6. The smallest absolute Gasteiger partial charge is 0.271 e. The maximum absolute atomic E-state index is 11.9. The lowest BCUT2D eigenvalue weighted by molar-refractivity contribution is -0.116. The molecule has 6 heteroatoms. The maximum atomic E-state index is 11.9. The summed E-state index contributed by atoms with van der Waals surface area (Å²) in [4.78, 5) is 31.3. The summed E-state index contributed by atoms with van der Waals surface area (Å²) in [5.41, 5.74) is 3.18. The zero-order valence-corrected chi connectivity index (χ0v) is 12.6. The average Bonchev–Trinajstić information content (AvgIpc) is 2.47. The fourth-order valence-electron chi connectivity index (χ4n) is 2.07. The monoisotopic (exact) mass is 298 g/mol. The van der Waals surface area contributed by atoms with Crippen molar-refractivity contribution in [3.05, 3.63) is 53.6 Å². The molecule has 0 radical (unpaired) electrons. The zero-order chi connectivity index (χ0) is 15.9. The van der Waals surface area contributed by atoms with E-state index in [0.29, 0.717) is 0 Å². The SMILES string of the molecule is Cc1cc(C)cc(NC(=O)CCNC(=O)c2cnccn2)c1. The molecule has 1 aromatic carbocycles. The van der Waals surface area contributed by atoms with E-state index in [1.54, 1.807) is 0 Å². The molecule has 2 N–H and O–H groups in total. The van der Waals surface area contributed by atoms with Gasteiger partial charge in [0, 0.05) is 31.0 Å². The molecule has 0 saturated carbocycles. The predicted octanol–water partition coefficient (Wildman–Crippen LogP) is 1.85. The predicted molar refractivity (Wildman–Crippen MR) is 83.5 cm³/mol. The first-order chi connectivity index (χ1) is 10.5. The standard InChI is InChI=1S/C16H18N4O2/c1-11-7-12(2)9-13(8-11)20-15(21)3-4-19-16(22)14-10-17-5-6-18-14/h5-10H,3-4H2,1-2H3,(H,19,22)(H,20,21). The topological polar surface area (TPSA) is 84.0 Å². The number of nitrogens with one attached hydrogen (secondary N) is 2. The molecule has 114 valence electrons. The average molecular weight is 298 g/mol. The zero-order valence-electron chi connectivity index (χ0n) is 12.6. The van der Waals surface area contributed by atoms with E-state index in [4.69, 9.17) is 0 Å². The molecule has 0 atom stereocenters. The van der Waals surface area contributed by atoms with Gasteiger partial charge in [-0.1, -0.05) is 6.07 Å². The van der Waals surface area contributed by atoms with Crippen LogP contribution in [0.4, 0.5) is 5.69 Å². The highest BCUT2D eigenvalue weighted by atomic mass is 16.2. The third-order valence-corrected chi connectivity index (χ3v) is 2.94. The summed E-state index contributed by atoms with van der Waals surface area (Å²) < 4.78 is 0. The second kappa shape index (κ2) is 7.31. The second-order valence-corrected chi connectivity index (χ2v) is 5.02. The first-order valence-electron chi connectivity index (χ1n) is 6.97. The van der Waals surface area contributed by atoms with Crippen LogP contribution in [0.2, 0.25) is 0 Å². The lowest BCUT2D eigenvalue weighted by Crippen LogP contribution is -2.28. The van der Waals surface area contributed by atoms with Crippen LogP contribution in [-0.4, -0.2) is 28.3 Å². The van der Waals surface area contributed by atoms with E-state index in [-0.39, 0.29) is 30.5 Å². The highest BCUT2D eigenvalue weighted by Gasteiger charge is 2.08. The van der Waals surface area contributed by atoms with Crippen LogP contribution in [0.3, 0.4) is 0 Å². The van der Waals surface area contributed by atoms with Gasteiger partial charge in [0.15, 0.2) is 0 Å². The third kappa shape index (κ3) is 4.66. The number of hydrogen-bond donors (Lipinski definition) is 2. The number of hydrogen-bond acceptors (Lipinski definition) is 4. The summed E-state index contributed by atoms with van der Waals surface area (Å²) in [6.45, 7) is 4.19. The van der Waals surface area contributed by atoms with Crippen molar-refractivity contribution in [2.24, 2.45) is 0 Å². The van der Waals surface area contributed by atoms with Crippen molar-refractivity contribution >= 4 is 17.5 Å². The molecule has 0 spiro atoms. The van der Waals surface area contributed by atoms with Crippen molar-refractivity contribution in [3.8, 4) is 0 Å². The minimum Gasteiger partial charge on any atom is -0.350 e. The Labute approximate surface area is 129 Å². The van der Waals surface area contributed by atoms with Gasteiger partial charge in [-0.2, -0.15) is 0 Å². The summed E-state index contributed by atoms with van der Waals surface area (Å²) in [7, 11) is 0. The van der Waals surface area contributed by atoms with Gasteiger partial charge in [-0.3, -0.25) is 14.6 Å². The van der Waals surface area contributed by atoms with Gasteiger partial charge in [-0.05, 0) is 37.1 Å². The van der Waals surface area contributed by atoms with E-state index in [0.717, 1.165) is 16.8 Å². The van der Waals surface area contributed by atoms with Crippen molar-refractivity contribution in [1.82, 2.24) is 15.3 Å². The molecule has 0 aliphatic carbocycles. The molecular weight excluding hydrogens is 280 g/mol. The lowest BCUT2D eigenvalue weighted by atomic mass is 10.1. The van der Waals surface area contributed by atoms with Gasteiger partial charge in [0.1, 0.15) is 5.69 Å². The fraction of sp³-hybridized carbons (Fsp3) is 0.250. The van der Waals surface area contributed by atoms with E-state index in [1.165, 1.54) is 18.6 Å². The van der Waals surface area contributed by atoms with E-state index in [1.807, 2.05) is 32.0 Å². The van der Waals surface area contributed by atoms with E-state index in [2.05, 4.69) is 20.6 Å². The van der Waals surface area contributed by atoms with Crippen molar-refractivity contribution < 1.29 is 9.59 Å². The van der Waals surface area contributed by atoms with E-state index < -0.39 is 0 Å². The Balaban J connectivity index is 1.79. The van der Waals surface area contributed by atoms with Crippen molar-refractivity contribution in [2.45, 2.75) is 20.3 Å². The van der Waals surface area contributed by atoms with Crippen molar-refractivity contribution in [3.63, 3.8) is 0 Å². The largest absolute Gasteiger partial charge is 0.350 e. The minimum atomic E-state index is -0.340. The van der Waals surface area contributed by atoms with Crippen LogP contribution in [-0.2, 0) is 4.79 Å². The van der Waals surface area contributed by atoms with Gasteiger partial charge in [-0.25, -0.2) is 4.98 Å². The molecular formula is C16H18N4O2. The van der Waals surface area contributed by atoms with Gasteiger partial charge in [-0.15, -0.1) is 0 Å². The van der Waals surface area contributed by atoms with Crippen LogP contribution in [0.5, 0.6) is 0 Å². The summed E-state index contributed by atoms with van der Waals surface area (Å²) in [6, 6.07) is 5.85. The highest BCUT2D eigenvalue weighted by Crippen LogP contribution is 2.13. The fourth-order valence-corrected chi connectivity index (χ4v) is 2.07. The van der Waals surface area contributed by atoms with Gasteiger partial charge in [0.2, 0.25) is 5.91 Å². The summed E-state index contributed by atoms with van der Waals surface area (Å²) in [5, 5.41) is 5.45. The van der Waals surface area contributed by atoms with Crippen LogP contribution in [0.15, 0.2) is 36.8 Å². The molecule has 22 heavy (non-hydrogen) atoms. The number of rotatable bonds is 5. The number of aromatic nitrogens is 2. The minimum absolute atomic E-state index is 0.149. The second-order valence-electron chi connectivity index (χ2n) is 5.02. The summed E-state index contributed by atoms with van der Waals surface area (Å²) >= 11 is 0. The Morgan fingerprint density at radius 1 is 1.09 bits per heavy atom. The number of anilines is 1. The molecule has 2 amide bonds. The van der Waals surface area contributed by atoms with Crippen molar-refractivity contribution in [1.29, 1.82) is 0 Å². The lowest BCUT2D eigenvalue weighted by Gasteiger charge is -2.08. The Bertz CT molecular complexity index is 651. The molecule has 0 saturated heterocycles.